The average molecular weight is 1100 g/mol. The van der Waals surface area contributed by atoms with E-state index in [1.165, 1.54) is 27.8 Å². The van der Waals surface area contributed by atoms with Crippen molar-refractivity contribution in [1.82, 2.24) is 23.9 Å². The van der Waals surface area contributed by atoms with Crippen molar-refractivity contribution in [2.75, 3.05) is 0 Å². The van der Waals surface area contributed by atoms with E-state index in [-0.39, 0.29) is 48.1 Å². The maximum Gasteiger partial charge on any atom is 2.00 e. The molecule has 0 saturated heterocycles. The third kappa shape index (κ3) is 8.76. The van der Waals surface area contributed by atoms with Crippen LogP contribution in [0.25, 0.3) is 77.6 Å². The summed E-state index contributed by atoms with van der Waals surface area (Å²) < 4.78 is 11.3. The van der Waals surface area contributed by atoms with E-state index >= 15 is 0 Å². The molecule has 358 valence electrons. The smallest absolute Gasteiger partial charge is 0.503 e. The summed E-state index contributed by atoms with van der Waals surface area (Å²) in [5.41, 5.74) is 13.5. The van der Waals surface area contributed by atoms with Gasteiger partial charge in [-0.15, -0.1) is 29.7 Å². The fraction of sp³-hybridized carbons (Fsp3) is 0.317. The van der Waals surface area contributed by atoms with Crippen molar-refractivity contribution in [2.24, 2.45) is 0 Å². The van der Waals surface area contributed by atoms with E-state index in [0.717, 1.165) is 77.6 Å². The summed E-state index contributed by atoms with van der Waals surface area (Å²) in [5, 5.41) is 5.08. The minimum absolute atomic E-state index is 0. The fourth-order valence-electron chi connectivity index (χ4n) is 9.54. The van der Waals surface area contributed by atoms with Crippen molar-refractivity contribution in [3.05, 3.63) is 162 Å². The fourth-order valence-corrected chi connectivity index (χ4v) is 9.54. The number of benzene rings is 5. The van der Waals surface area contributed by atoms with Crippen molar-refractivity contribution in [3.63, 3.8) is 0 Å². The van der Waals surface area contributed by atoms with E-state index in [9.17, 15) is 0 Å². The zero-order valence-electron chi connectivity index (χ0n) is 43.5. The first-order valence-electron chi connectivity index (χ1n) is 24.4. The summed E-state index contributed by atoms with van der Waals surface area (Å²) in [7, 11) is 0. The van der Waals surface area contributed by atoms with Crippen LogP contribution < -0.4 is 4.74 Å². The van der Waals surface area contributed by atoms with Gasteiger partial charge in [0.2, 0.25) is 0 Å². The summed E-state index contributed by atoms with van der Waals surface area (Å²) in [6.45, 7) is 34.3. The topological polar surface area (TPSA) is 57.2 Å². The number of hydrogen-bond donors (Lipinski definition) is 0. The molecule has 0 amide bonds. The number of nitrogens with zero attached hydrogens (tertiary/aromatic N) is 5. The molecule has 5 aromatic carbocycles. The van der Waals surface area contributed by atoms with Gasteiger partial charge in [-0.1, -0.05) is 163 Å². The average Bonchev–Trinajstić information content (AvgIpc) is 3.85. The van der Waals surface area contributed by atoms with E-state index in [0.29, 0.717) is 11.5 Å². The van der Waals surface area contributed by atoms with Crippen LogP contribution in [-0.4, -0.2) is 23.9 Å². The van der Waals surface area contributed by atoms with Gasteiger partial charge in [0.15, 0.2) is 0 Å². The van der Waals surface area contributed by atoms with E-state index in [1.807, 2.05) is 30.6 Å². The number of ether oxygens (including phenoxy) is 1. The van der Waals surface area contributed by atoms with Crippen LogP contribution in [0.5, 0.6) is 11.5 Å². The van der Waals surface area contributed by atoms with E-state index < -0.39 is 0 Å². The molecule has 0 N–H and O–H groups in total. The van der Waals surface area contributed by atoms with Gasteiger partial charge in [-0.25, -0.2) is 9.97 Å². The van der Waals surface area contributed by atoms with Crippen LogP contribution in [-0.2, 0) is 48.1 Å². The molecule has 0 aliphatic rings. The number of aromatic nitrogens is 5. The van der Waals surface area contributed by atoms with Crippen LogP contribution in [0.15, 0.2) is 122 Å². The number of fused-ring (bicyclic) bond motifs is 9. The van der Waals surface area contributed by atoms with Crippen LogP contribution in [0.1, 0.15) is 132 Å². The number of hydrogen-bond acceptors (Lipinski definition) is 4. The normalized spacial score (nSPS) is 13.0. The Bertz CT molecular complexity index is 3600. The first-order valence-corrected chi connectivity index (χ1v) is 24.4. The van der Waals surface area contributed by atoms with Gasteiger partial charge in [-0.05, 0) is 114 Å². The zero-order chi connectivity index (χ0) is 49.2. The predicted octanol–water partition coefficient (Wildman–Crippen LogP) is 16.7. The van der Waals surface area contributed by atoms with Gasteiger partial charge in [0.05, 0.1) is 17.0 Å². The van der Waals surface area contributed by atoms with Gasteiger partial charge in [0.1, 0.15) is 11.5 Å². The third-order valence-electron chi connectivity index (χ3n) is 13.8. The molecule has 0 fully saturated rings. The number of pyridine rings is 3. The first kappa shape index (κ1) is 48.9. The van der Waals surface area contributed by atoms with Crippen LogP contribution in [0.2, 0.25) is 0 Å². The summed E-state index contributed by atoms with van der Waals surface area (Å²) in [4.78, 5) is 15.8. The van der Waals surface area contributed by atoms with Crippen molar-refractivity contribution in [1.29, 1.82) is 0 Å². The Morgan fingerprint density at radius 2 is 1.00 bits per heavy atom. The second kappa shape index (κ2) is 17.0. The molecule has 70 heavy (non-hydrogen) atoms. The Labute approximate surface area is 428 Å². The van der Waals surface area contributed by atoms with Crippen molar-refractivity contribution in [2.45, 2.75) is 131 Å². The Morgan fingerprint density at radius 3 is 1.60 bits per heavy atom. The Kier molecular flexibility index (Phi) is 11.9. The summed E-state index contributed by atoms with van der Waals surface area (Å²) >= 11 is 0. The van der Waals surface area contributed by atoms with Gasteiger partial charge >= 0.3 is 21.1 Å². The quantitative estimate of drug-likeness (QED) is 0.127. The van der Waals surface area contributed by atoms with Gasteiger partial charge in [0, 0.05) is 40.5 Å². The predicted molar refractivity (Wildman–Crippen MR) is 289 cm³/mol. The first-order chi connectivity index (χ1) is 32.3. The molecule has 5 heterocycles. The van der Waals surface area contributed by atoms with Crippen molar-refractivity contribution < 1.29 is 25.8 Å². The number of rotatable bonds is 5. The second-order valence-electron chi connectivity index (χ2n) is 24.2. The summed E-state index contributed by atoms with van der Waals surface area (Å²) in [5.74, 6) is 2.00. The van der Waals surface area contributed by atoms with Crippen LogP contribution in [0, 0.1) is 12.1 Å². The maximum atomic E-state index is 6.84. The standard InChI is InChI=1S/C63H65N5O.Pt/c1-59(2,3)40-26-28-64-54(35-40)67-52-21-17-16-19-48(52)49-25-23-46(37-53(49)67)69-45-22-24-47-50-20-18-27-65-57(50)68-56(39-31-43(62(10,11)12)34-44(32-39)63(13,14)15)55(66-58(68)51(47)36-45)38-29-41(60(4,5)6)33-42(30-38)61(7,8)9;/h16-35H,1-15H3;/q-2;+2. The van der Waals surface area contributed by atoms with Gasteiger partial charge in [-0.2, -0.15) is 6.07 Å². The third-order valence-corrected chi connectivity index (χ3v) is 13.8. The summed E-state index contributed by atoms with van der Waals surface area (Å²) in [6.07, 6.45) is 3.80. The molecule has 0 radical (unpaired) electrons. The molecule has 10 rings (SSSR count). The Morgan fingerprint density at radius 1 is 0.457 bits per heavy atom. The van der Waals surface area contributed by atoms with Crippen LogP contribution in [0.4, 0.5) is 0 Å². The molecular formula is C63H65N5OPt. The van der Waals surface area contributed by atoms with Crippen molar-refractivity contribution in [3.8, 4) is 39.8 Å². The maximum absolute atomic E-state index is 6.84. The Hall–Kier alpha value is -6.10. The van der Waals surface area contributed by atoms with E-state index in [4.69, 9.17) is 19.7 Å². The molecule has 0 aliphatic carbocycles. The molecular weight excluding hydrogens is 1040 g/mol. The SMILES string of the molecule is CC(C)(C)c1cc(-c2nc3c4[c-]c(Oc5[c-]c6c(cc5)c5ccccc5n6-c5cc(C(C)(C)C)ccn5)ccc4c4cccnc4n3c2-c2cc(C(C)(C)C)cc(C(C)(C)C)c2)cc(C(C)(C)C)c1.[Pt+2]. The molecule has 0 saturated carbocycles. The molecule has 5 aromatic heterocycles. The van der Waals surface area contributed by atoms with E-state index in [1.54, 1.807) is 0 Å². The molecule has 7 heteroatoms. The Balaban J connectivity index is 0.00000608. The monoisotopic (exact) mass is 1100 g/mol. The molecule has 0 spiro atoms. The minimum atomic E-state index is -0.101. The minimum Gasteiger partial charge on any atom is -0.503 e. The molecule has 0 bridgehead atoms. The largest absolute Gasteiger partial charge is 2.00 e. The molecule has 6 nitrogen and oxygen atoms in total. The molecule has 10 aromatic rings. The van der Waals surface area contributed by atoms with Crippen LogP contribution >= 0.6 is 0 Å². The van der Waals surface area contributed by atoms with E-state index in [2.05, 4.69) is 216 Å². The van der Waals surface area contributed by atoms with Gasteiger partial charge < -0.3 is 13.7 Å². The second-order valence-corrected chi connectivity index (χ2v) is 24.2. The number of imidazole rings is 1. The van der Waals surface area contributed by atoms with Crippen molar-refractivity contribution >= 4 is 49.3 Å². The molecule has 0 aliphatic heterocycles. The van der Waals surface area contributed by atoms with Gasteiger partial charge in [-0.3, -0.25) is 4.98 Å². The zero-order valence-corrected chi connectivity index (χ0v) is 45.8. The van der Waals surface area contributed by atoms with Crippen LogP contribution in [0.3, 0.4) is 0 Å². The number of para-hydroxylation sites is 1. The molecule has 0 atom stereocenters. The summed E-state index contributed by atoms with van der Waals surface area (Å²) in [6, 6.07) is 46.9. The van der Waals surface area contributed by atoms with Gasteiger partial charge in [0.25, 0.3) is 0 Å². The molecule has 0 unspecified atom stereocenters.